The van der Waals surface area contributed by atoms with Crippen LogP contribution in [-0.4, -0.2) is 39.8 Å². The van der Waals surface area contributed by atoms with E-state index in [0.29, 0.717) is 0 Å². The van der Waals surface area contributed by atoms with Crippen LogP contribution in [0.3, 0.4) is 0 Å². The number of hydrogen-bond acceptors (Lipinski definition) is 4. The third-order valence-corrected chi connectivity index (χ3v) is 5.28. The first kappa shape index (κ1) is 16.3. The largest absolute Gasteiger partial charge is 0.229 e. The number of sulfone groups is 2. The fraction of sp³-hybridized carbons (Fsp3) is 1.00. The Kier molecular flexibility index (Phi) is 8.43. The highest BCUT2D eigenvalue weighted by molar-refractivity contribution is 7.91. The fourth-order valence-electron chi connectivity index (χ4n) is 0.408. The molecular formula is C8H20O4S2. The Bertz CT molecular complexity index is 259. The molecule has 6 heteroatoms. The van der Waals surface area contributed by atoms with Crippen LogP contribution in [0.4, 0.5) is 0 Å². The van der Waals surface area contributed by atoms with E-state index in [0.717, 1.165) is 0 Å². The maximum Gasteiger partial charge on any atom is 0.149 e. The van der Waals surface area contributed by atoms with Crippen molar-refractivity contribution in [1.29, 1.82) is 0 Å². The Morgan fingerprint density at radius 1 is 0.571 bits per heavy atom. The van der Waals surface area contributed by atoms with E-state index in [1.165, 1.54) is 0 Å². The van der Waals surface area contributed by atoms with Crippen LogP contribution in [-0.2, 0) is 19.7 Å². The van der Waals surface area contributed by atoms with E-state index >= 15 is 0 Å². The maximum absolute atomic E-state index is 10.4. The van der Waals surface area contributed by atoms with E-state index in [1.54, 1.807) is 27.7 Å². The van der Waals surface area contributed by atoms with Crippen molar-refractivity contribution in [2.45, 2.75) is 27.7 Å². The van der Waals surface area contributed by atoms with Crippen molar-refractivity contribution in [3.8, 4) is 0 Å². The quantitative estimate of drug-likeness (QED) is 0.736. The van der Waals surface area contributed by atoms with Gasteiger partial charge in [-0.05, 0) is 0 Å². The third-order valence-electron chi connectivity index (χ3n) is 1.76. The van der Waals surface area contributed by atoms with E-state index < -0.39 is 19.7 Å². The molecule has 0 aromatic carbocycles. The molecule has 0 saturated heterocycles. The van der Waals surface area contributed by atoms with E-state index in [1.807, 2.05) is 0 Å². The Balaban J connectivity index is 0. The summed E-state index contributed by atoms with van der Waals surface area (Å²) in [6.07, 6.45) is 0. The minimum Gasteiger partial charge on any atom is -0.229 e. The van der Waals surface area contributed by atoms with Gasteiger partial charge in [-0.15, -0.1) is 0 Å². The van der Waals surface area contributed by atoms with Crippen molar-refractivity contribution < 1.29 is 16.8 Å². The Hall–Kier alpha value is -0.100. The molecule has 0 N–H and O–H groups in total. The van der Waals surface area contributed by atoms with Gasteiger partial charge >= 0.3 is 0 Å². The highest BCUT2D eigenvalue weighted by atomic mass is 32.2. The van der Waals surface area contributed by atoms with E-state index in [-0.39, 0.29) is 23.0 Å². The van der Waals surface area contributed by atoms with Crippen molar-refractivity contribution in [2.75, 3.05) is 23.0 Å². The average molecular weight is 244 g/mol. The molecule has 0 radical (unpaired) electrons. The Labute approximate surface area is 87.6 Å². The molecule has 0 rings (SSSR count). The van der Waals surface area contributed by atoms with Crippen LogP contribution in [0.5, 0.6) is 0 Å². The van der Waals surface area contributed by atoms with E-state index in [2.05, 4.69) is 0 Å². The zero-order chi connectivity index (χ0) is 11.8. The second kappa shape index (κ2) is 7.23. The molecule has 0 aliphatic heterocycles. The molecule has 0 spiro atoms. The van der Waals surface area contributed by atoms with Gasteiger partial charge in [0.05, 0.1) is 0 Å². The first-order chi connectivity index (χ1) is 6.24. The molecule has 0 amide bonds. The Morgan fingerprint density at radius 2 is 0.714 bits per heavy atom. The minimum atomic E-state index is -2.66. The standard InChI is InChI=1S/2C4H10O2S/c2*1-3-7(5,6)4-2/h2*3-4H2,1-2H3. The second-order valence-corrected chi connectivity index (χ2v) is 7.93. The monoisotopic (exact) mass is 244 g/mol. The van der Waals surface area contributed by atoms with Crippen LogP contribution in [0.1, 0.15) is 27.7 Å². The highest BCUT2D eigenvalue weighted by Gasteiger charge is 1.99. The molecule has 14 heavy (non-hydrogen) atoms. The second-order valence-electron chi connectivity index (χ2n) is 2.64. The Morgan fingerprint density at radius 3 is 0.714 bits per heavy atom. The van der Waals surface area contributed by atoms with Gasteiger partial charge in [0.15, 0.2) is 0 Å². The van der Waals surface area contributed by atoms with Gasteiger partial charge in [0.25, 0.3) is 0 Å². The van der Waals surface area contributed by atoms with Gasteiger partial charge in [0, 0.05) is 23.0 Å². The summed E-state index contributed by atoms with van der Waals surface area (Å²) >= 11 is 0. The van der Waals surface area contributed by atoms with Gasteiger partial charge in [-0.25, -0.2) is 16.8 Å². The summed E-state index contributed by atoms with van der Waals surface area (Å²) in [5, 5.41) is 0. The maximum atomic E-state index is 10.4. The van der Waals surface area contributed by atoms with Crippen molar-refractivity contribution >= 4 is 19.7 Å². The first-order valence-corrected chi connectivity index (χ1v) is 8.29. The summed E-state index contributed by atoms with van der Waals surface area (Å²) in [6.45, 7) is 6.61. The summed E-state index contributed by atoms with van der Waals surface area (Å²) in [5.74, 6) is 1.07. The highest BCUT2D eigenvalue weighted by Crippen LogP contribution is 1.85. The normalized spacial score (nSPS) is 11.7. The smallest absolute Gasteiger partial charge is 0.149 e. The first-order valence-electron chi connectivity index (χ1n) is 4.65. The molecule has 4 nitrogen and oxygen atoms in total. The van der Waals surface area contributed by atoms with Gasteiger partial charge in [-0.3, -0.25) is 0 Å². The summed E-state index contributed by atoms with van der Waals surface area (Å²) in [7, 11) is -5.31. The molecule has 0 unspecified atom stereocenters. The van der Waals surface area contributed by atoms with Crippen LogP contribution in [0.15, 0.2) is 0 Å². The zero-order valence-electron chi connectivity index (χ0n) is 9.28. The average Bonchev–Trinajstić information content (AvgIpc) is 2.19. The molecule has 88 valence electrons. The van der Waals surface area contributed by atoms with E-state index in [9.17, 15) is 16.8 Å². The molecule has 0 fully saturated rings. The summed E-state index contributed by atoms with van der Waals surface area (Å²) in [5.41, 5.74) is 0. The SMILES string of the molecule is CCS(=O)(=O)CC.CCS(=O)(=O)CC. The predicted octanol–water partition coefficient (Wildman–Crippen LogP) is 0.882. The van der Waals surface area contributed by atoms with Gasteiger partial charge < -0.3 is 0 Å². The van der Waals surface area contributed by atoms with Crippen molar-refractivity contribution in [3.63, 3.8) is 0 Å². The summed E-state index contributed by atoms with van der Waals surface area (Å²) < 4.78 is 41.5. The van der Waals surface area contributed by atoms with E-state index in [4.69, 9.17) is 0 Å². The van der Waals surface area contributed by atoms with Crippen LogP contribution >= 0.6 is 0 Å². The molecule has 0 bridgehead atoms. The van der Waals surface area contributed by atoms with Crippen molar-refractivity contribution in [3.05, 3.63) is 0 Å². The fourth-order valence-corrected chi connectivity index (χ4v) is 1.22. The molecule has 0 atom stereocenters. The summed E-state index contributed by atoms with van der Waals surface area (Å²) in [4.78, 5) is 0. The third kappa shape index (κ3) is 9.98. The van der Waals surface area contributed by atoms with Gasteiger partial charge in [-0.2, -0.15) is 0 Å². The lowest BCUT2D eigenvalue weighted by atomic mass is 11.0. The number of hydrogen-bond donors (Lipinski definition) is 0. The summed E-state index contributed by atoms with van der Waals surface area (Å²) in [6, 6.07) is 0. The predicted molar refractivity (Wildman–Crippen MR) is 60.0 cm³/mol. The number of rotatable bonds is 4. The molecule has 0 heterocycles. The topological polar surface area (TPSA) is 68.3 Å². The lowest BCUT2D eigenvalue weighted by molar-refractivity contribution is 0.597. The lowest BCUT2D eigenvalue weighted by Crippen LogP contribution is -2.04. The van der Waals surface area contributed by atoms with Crippen LogP contribution in [0.25, 0.3) is 0 Å². The molecule has 0 aliphatic rings. The minimum absolute atomic E-state index is 0.267. The van der Waals surface area contributed by atoms with Gasteiger partial charge in [-0.1, -0.05) is 27.7 Å². The molecule has 0 saturated carbocycles. The van der Waals surface area contributed by atoms with Crippen molar-refractivity contribution in [1.82, 2.24) is 0 Å². The van der Waals surface area contributed by atoms with Crippen LogP contribution in [0.2, 0.25) is 0 Å². The van der Waals surface area contributed by atoms with Gasteiger partial charge in [0.2, 0.25) is 0 Å². The lowest BCUT2D eigenvalue weighted by Gasteiger charge is -1.89. The molecule has 0 aromatic heterocycles. The van der Waals surface area contributed by atoms with Gasteiger partial charge in [0.1, 0.15) is 19.7 Å². The van der Waals surface area contributed by atoms with Crippen LogP contribution < -0.4 is 0 Å². The van der Waals surface area contributed by atoms with Crippen LogP contribution in [0, 0.1) is 0 Å². The van der Waals surface area contributed by atoms with Crippen molar-refractivity contribution in [2.24, 2.45) is 0 Å². The molecule has 0 aromatic rings. The molecular weight excluding hydrogens is 224 g/mol. The zero-order valence-corrected chi connectivity index (χ0v) is 10.9. The molecule has 0 aliphatic carbocycles.